The zero-order valence-electron chi connectivity index (χ0n) is 12.2. The average molecular weight is 510 g/mol. The minimum absolute atomic E-state index is 0.0516. The van der Waals surface area contributed by atoms with E-state index in [2.05, 4.69) is 45.2 Å². The Hall–Kier alpha value is 0.400. The van der Waals surface area contributed by atoms with Crippen molar-refractivity contribution in [3.05, 3.63) is 0 Å². The maximum Gasteiger partial charge on any atom is 0.318 e. The molecular weight excluding hydrogens is 486 g/mol. The van der Waals surface area contributed by atoms with Crippen LogP contribution < -0.4 is 0 Å². The van der Waals surface area contributed by atoms with Gasteiger partial charge in [0.2, 0.25) is 0 Å². The van der Waals surface area contributed by atoms with Crippen molar-refractivity contribution in [2.75, 3.05) is 13.2 Å². The molecule has 0 aliphatic rings. The molecule has 0 radical (unpaired) electrons. The van der Waals surface area contributed by atoms with E-state index in [1.807, 2.05) is 13.8 Å². The minimum atomic E-state index is -0.139. The van der Waals surface area contributed by atoms with Crippen LogP contribution in [0.25, 0.3) is 0 Å². The topological polar surface area (TPSA) is 52.6 Å². The van der Waals surface area contributed by atoms with E-state index in [1.54, 1.807) is 0 Å². The Labute approximate surface area is 149 Å². The van der Waals surface area contributed by atoms with E-state index in [0.717, 1.165) is 38.5 Å². The molecule has 2 unspecified atom stereocenters. The molecule has 0 heterocycles. The molecule has 0 aromatic heterocycles. The number of esters is 2. The van der Waals surface area contributed by atoms with Crippen LogP contribution in [-0.2, 0) is 19.1 Å². The molecule has 0 N–H and O–H groups in total. The molecule has 4 nitrogen and oxygen atoms in total. The second kappa shape index (κ2) is 13.1. The number of hydrogen-bond donors (Lipinski definition) is 0. The van der Waals surface area contributed by atoms with Crippen LogP contribution in [0.1, 0.15) is 52.4 Å². The van der Waals surface area contributed by atoms with Crippen molar-refractivity contribution in [3.63, 3.8) is 0 Å². The summed E-state index contributed by atoms with van der Waals surface area (Å²) in [7, 11) is 0. The lowest BCUT2D eigenvalue weighted by atomic mass is 10.2. The molecule has 0 fully saturated rings. The van der Waals surface area contributed by atoms with Crippen molar-refractivity contribution in [1.29, 1.82) is 0 Å². The SMILES string of the molecule is CCCC(I)C(=O)OCCCCOC(=O)C(I)CCC. The average Bonchev–Trinajstić information content (AvgIpc) is 2.42. The molecule has 0 spiro atoms. The van der Waals surface area contributed by atoms with Gasteiger partial charge in [-0.25, -0.2) is 0 Å². The predicted molar refractivity (Wildman–Crippen MR) is 96.6 cm³/mol. The third-order valence-electron chi connectivity index (χ3n) is 2.62. The normalized spacial score (nSPS) is 13.6. The third kappa shape index (κ3) is 10.2. The van der Waals surface area contributed by atoms with Gasteiger partial charge in [0.05, 0.1) is 13.2 Å². The standard InChI is InChI=1S/C14H24I2O4/c1-3-7-11(15)13(17)19-9-5-6-10-20-14(18)12(16)8-4-2/h11-12H,3-10H2,1-2H3. The first kappa shape index (κ1) is 20.4. The molecule has 0 bridgehead atoms. The van der Waals surface area contributed by atoms with Gasteiger partial charge < -0.3 is 9.47 Å². The number of carbonyl (C=O) groups is 2. The van der Waals surface area contributed by atoms with Crippen LogP contribution in [0, 0.1) is 0 Å². The Morgan fingerprint density at radius 3 is 1.50 bits per heavy atom. The van der Waals surface area contributed by atoms with E-state index in [4.69, 9.17) is 9.47 Å². The van der Waals surface area contributed by atoms with Crippen LogP contribution in [0.5, 0.6) is 0 Å². The van der Waals surface area contributed by atoms with E-state index in [9.17, 15) is 9.59 Å². The second-order valence-electron chi connectivity index (χ2n) is 4.55. The summed E-state index contributed by atoms with van der Waals surface area (Å²) < 4.78 is 10.2. The fourth-order valence-corrected chi connectivity index (χ4v) is 3.08. The number of ether oxygens (including phenoxy) is 2. The second-order valence-corrected chi connectivity index (χ2v) is 7.56. The van der Waals surface area contributed by atoms with Gasteiger partial charge in [0.15, 0.2) is 0 Å². The number of halogens is 2. The number of hydrogen-bond acceptors (Lipinski definition) is 4. The van der Waals surface area contributed by atoms with E-state index >= 15 is 0 Å². The number of alkyl halides is 2. The minimum Gasteiger partial charge on any atom is -0.465 e. The van der Waals surface area contributed by atoms with Gasteiger partial charge in [0.25, 0.3) is 0 Å². The Balaban J connectivity index is 3.53. The summed E-state index contributed by atoms with van der Waals surface area (Å²) >= 11 is 4.23. The first-order valence-electron chi connectivity index (χ1n) is 7.14. The van der Waals surface area contributed by atoms with Gasteiger partial charge in [0.1, 0.15) is 7.85 Å². The summed E-state index contributed by atoms with van der Waals surface area (Å²) in [5.74, 6) is -0.278. The lowest BCUT2D eigenvalue weighted by molar-refractivity contribution is -0.145. The van der Waals surface area contributed by atoms with Crippen LogP contribution in [0.3, 0.4) is 0 Å². The summed E-state index contributed by atoms with van der Waals surface area (Å²) in [5, 5.41) is 0. The zero-order chi connectivity index (χ0) is 15.4. The van der Waals surface area contributed by atoms with Crippen molar-refractivity contribution < 1.29 is 19.1 Å². The molecule has 118 valence electrons. The van der Waals surface area contributed by atoms with Crippen LogP contribution >= 0.6 is 45.2 Å². The fourth-order valence-electron chi connectivity index (χ4n) is 1.47. The molecule has 0 aromatic carbocycles. The fraction of sp³-hybridized carbons (Fsp3) is 0.857. The van der Waals surface area contributed by atoms with Gasteiger partial charge >= 0.3 is 11.9 Å². The lowest BCUT2D eigenvalue weighted by Crippen LogP contribution is -2.19. The maximum atomic E-state index is 11.5. The van der Waals surface area contributed by atoms with Crippen molar-refractivity contribution in [3.8, 4) is 0 Å². The molecule has 2 atom stereocenters. The Kier molecular flexibility index (Phi) is 13.4. The number of rotatable bonds is 11. The molecule has 0 saturated carbocycles. The Morgan fingerprint density at radius 2 is 1.20 bits per heavy atom. The molecule has 0 amide bonds. The number of unbranched alkanes of at least 4 members (excludes halogenated alkanes) is 1. The van der Waals surface area contributed by atoms with Gasteiger partial charge in [-0.3, -0.25) is 9.59 Å². The van der Waals surface area contributed by atoms with Gasteiger partial charge in [-0.15, -0.1) is 0 Å². The van der Waals surface area contributed by atoms with Crippen LogP contribution in [0.4, 0.5) is 0 Å². The van der Waals surface area contributed by atoms with Gasteiger partial charge in [-0.2, -0.15) is 0 Å². The van der Waals surface area contributed by atoms with E-state index in [-0.39, 0.29) is 19.8 Å². The Morgan fingerprint density at radius 1 is 0.850 bits per heavy atom. The van der Waals surface area contributed by atoms with E-state index in [1.165, 1.54) is 0 Å². The first-order valence-corrected chi connectivity index (χ1v) is 9.63. The molecule has 0 aliphatic heterocycles. The highest BCUT2D eigenvalue weighted by molar-refractivity contribution is 14.1. The van der Waals surface area contributed by atoms with Crippen molar-refractivity contribution in [1.82, 2.24) is 0 Å². The number of carbonyl (C=O) groups excluding carboxylic acids is 2. The quantitative estimate of drug-likeness (QED) is 0.182. The predicted octanol–water partition coefficient (Wildman–Crippen LogP) is 4.06. The monoisotopic (exact) mass is 510 g/mol. The largest absolute Gasteiger partial charge is 0.465 e. The summed E-state index contributed by atoms with van der Waals surface area (Å²) in [6, 6.07) is 0. The van der Waals surface area contributed by atoms with Gasteiger partial charge in [-0.05, 0) is 25.7 Å². The third-order valence-corrected chi connectivity index (χ3v) is 4.89. The highest BCUT2D eigenvalue weighted by atomic mass is 127. The van der Waals surface area contributed by atoms with Crippen molar-refractivity contribution in [2.45, 2.75) is 60.2 Å². The highest BCUT2D eigenvalue weighted by Crippen LogP contribution is 2.12. The van der Waals surface area contributed by atoms with Crippen molar-refractivity contribution >= 4 is 57.1 Å². The molecular formula is C14H24I2O4. The van der Waals surface area contributed by atoms with E-state index in [0.29, 0.717) is 13.2 Å². The molecule has 20 heavy (non-hydrogen) atoms. The molecule has 6 heteroatoms. The maximum absolute atomic E-state index is 11.5. The van der Waals surface area contributed by atoms with Gasteiger partial charge in [-0.1, -0.05) is 71.9 Å². The molecule has 0 aliphatic carbocycles. The summed E-state index contributed by atoms with van der Waals surface area (Å²) in [4.78, 5) is 23.0. The zero-order valence-corrected chi connectivity index (χ0v) is 16.5. The molecule has 0 rings (SSSR count). The van der Waals surface area contributed by atoms with Crippen LogP contribution in [0.15, 0.2) is 0 Å². The molecule has 0 saturated heterocycles. The summed E-state index contributed by atoms with van der Waals surface area (Å²) in [6.07, 6.45) is 5.13. The smallest absolute Gasteiger partial charge is 0.318 e. The summed E-state index contributed by atoms with van der Waals surface area (Å²) in [5.41, 5.74) is 0. The molecule has 0 aromatic rings. The first-order chi connectivity index (χ1) is 9.52. The van der Waals surface area contributed by atoms with Crippen LogP contribution in [0.2, 0.25) is 0 Å². The highest BCUT2D eigenvalue weighted by Gasteiger charge is 2.15. The lowest BCUT2D eigenvalue weighted by Gasteiger charge is -2.10. The Bertz CT molecular complexity index is 256. The summed E-state index contributed by atoms with van der Waals surface area (Å²) in [6.45, 7) is 4.91. The van der Waals surface area contributed by atoms with Gasteiger partial charge in [0, 0.05) is 0 Å². The van der Waals surface area contributed by atoms with Crippen LogP contribution in [-0.4, -0.2) is 33.0 Å². The van der Waals surface area contributed by atoms with Crippen molar-refractivity contribution in [2.24, 2.45) is 0 Å². The van der Waals surface area contributed by atoms with E-state index < -0.39 is 0 Å².